The second kappa shape index (κ2) is 8.12. The first-order valence-electron chi connectivity index (χ1n) is 11.7. The second-order valence-corrected chi connectivity index (χ2v) is 9.52. The molecule has 32 heavy (non-hydrogen) atoms. The number of aromatic nitrogens is 2. The lowest BCUT2D eigenvalue weighted by Crippen LogP contribution is -2.33. The molecule has 2 aromatic heterocycles. The number of rotatable bonds is 6. The molecule has 5 heteroatoms. The van der Waals surface area contributed by atoms with Crippen molar-refractivity contribution in [3.8, 4) is 0 Å². The van der Waals surface area contributed by atoms with Crippen LogP contribution in [-0.4, -0.2) is 32.4 Å². The average molecular weight is 429 g/mol. The van der Waals surface area contributed by atoms with E-state index in [4.69, 9.17) is 10.7 Å². The van der Waals surface area contributed by atoms with Crippen LogP contribution in [0, 0.1) is 0 Å². The fourth-order valence-corrected chi connectivity index (χ4v) is 5.21. The molecule has 0 spiro atoms. The van der Waals surface area contributed by atoms with Crippen LogP contribution >= 0.6 is 0 Å². The number of amides is 1. The normalized spacial score (nSPS) is 22.4. The molecule has 5 rings (SSSR count). The minimum Gasteiger partial charge on any atom is -0.402 e. The quantitative estimate of drug-likeness (QED) is 0.541. The molecule has 0 radical (unpaired) electrons. The summed E-state index contributed by atoms with van der Waals surface area (Å²) in [5, 5.41) is 1.20. The van der Waals surface area contributed by atoms with Crippen molar-refractivity contribution in [1.29, 1.82) is 0 Å². The predicted octanol–water partition coefficient (Wildman–Crippen LogP) is 4.58. The number of fused-ring (bicyclic) bond motifs is 3. The second-order valence-electron chi connectivity index (χ2n) is 9.52. The van der Waals surface area contributed by atoms with Gasteiger partial charge in [0.15, 0.2) is 0 Å². The van der Waals surface area contributed by atoms with Gasteiger partial charge in [-0.25, -0.2) is 4.98 Å². The van der Waals surface area contributed by atoms with E-state index in [0.717, 1.165) is 55.6 Å². The van der Waals surface area contributed by atoms with E-state index in [1.54, 1.807) is 0 Å². The van der Waals surface area contributed by atoms with E-state index in [1.807, 2.05) is 29.3 Å². The summed E-state index contributed by atoms with van der Waals surface area (Å²) in [5.74, 6) is 0.204. The molecular formula is C27H32N4O. The Balaban J connectivity index is 1.44. The van der Waals surface area contributed by atoms with Crippen molar-refractivity contribution in [2.24, 2.45) is 5.73 Å². The highest BCUT2D eigenvalue weighted by Crippen LogP contribution is 2.38. The van der Waals surface area contributed by atoms with Crippen LogP contribution in [0.25, 0.3) is 11.0 Å². The Hall–Kier alpha value is -3.08. The molecule has 2 N–H and O–H groups in total. The van der Waals surface area contributed by atoms with Gasteiger partial charge in [0.05, 0.1) is 6.04 Å². The van der Waals surface area contributed by atoms with E-state index in [2.05, 4.69) is 37.1 Å². The molecule has 2 unspecified atom stereocenters. The maximum absolute atomic E-state index is 12.8. The van der Waals surface area contributed by atoms with E-state index >= 15 is 0 Å². The Kier molecular flexibility index (Phi) is 5.28. The standard InChI is InChI=1S/C27H32N4O/c1-4-18(11-10-17(2)3)25-27(32)31(25)20-12-13-24-22(15-23(28)19-7-5-8-19)21-9-6-14-29-26(21)30(24)16-20/h4,6,9-11,14,20,25H,1,5,7-8,12-13,15-16,28H2,2-3H3/b18-11+. The van der Waals surface area contributed by atoms with Gasteiger partial charge in [0.2, 0.25) is 0 Å². The molecule has 2 aromatic rings. The number of allylic oxidation sites excluding steroid dienone is 5. The first-order valence-corrected chi connectivity index (χ1v) is 11.7. The third-order valence-corrected chi connectivity index (χ3v) is 7.18. The molecule has 0 aromatic carbocycles. The smallest absolute Gasteiger partial charge is 0.251 e. The topological polar surface area (TPSA) is 63.9 Å². The maximum atomic E-state index is 12.8. The highest BCUT2D eigenvalue weighted by Gasteiger charge is 2.51. The molecule has 1 saturated carbocycles. The third kappa shape index (κ3) is 3.50. The van der Waals surface area contributed by atoms with Crippen LogP contribution < -0.4 is 5.73 Å². The van der Waals surface area contributed by atoms with E-state index < -0.39 is 0 Å². The SMILES string of the molecule is C=C/C(=C\C=C(C)C)C1C(=O)N1C1CCc2c(CC(N)=C3CCC3)c3cccnc3n2C1. The monoisotopic (exact) mass is 428 g/mol. The number of carbonyl (C=O) groups is 1. The van der Waals surface area contributed by atoms with Crippen molar-refractivity contribution in [3.63, 3.8) is 0 Å². The molecule has 1 saturated heterocycles. The Morgan fingerprint density at radius 1 is 1.28 bits per heavy atom. The van der Waals surface area contributed by atoms with Gasteiger partial charge in [0.1, 0.15) is 11.7 Å². The minimum atomic E-state index is -0.164. The summed E-state index contributed by atoms with van der Waals surface area (Å²) in [5.41, 5.74) is 14.8. The number of hydrogen-bond donors (Lipinski definition) is 1. The molecule has 1 amide bonds. The number of nitrogens with zero attached hydrogens (tertiary/aromatic N) is 3. The van der Waals surface area contributed by atoms with Crippen LogP contribution in [0.2, 0.25) is 0 Å². The molecular weight excluding hydrogens is 396 g/mol. The molecule has 4 heterocycles. The van der Waals surface area contributed by atoms with Crippen LogP contribution in [0.1, 0.15) is 50.8 Å². The van der Waals surface area contributed by atoms with Crippen LogP contribution in [0.15, 0.2) is 65.6 Å². The first-order chi connectivity index (χ1) is 15.5. The zero-order valence-electron chi connectivity index (χ0n) is 19.1. The highest BCUT2D eigenvalue weighted by molar-refractivity contribution is 6.01. The molecule has 2 fully saturated rings. The zero-order valence-corrected chi connectivity index (χ0v) is 19.1. The molecule has 2 aliphatic heterocycles. The number of pyridine rings is 1. The van der Waals surface area contributed by atoms with Gasteiger partial charge in [0, 0.05) is 35.9 Å². The summed E-state index contributed by atoms with van der Waals surface area (Å²) in [6, 6.07) is 4.20. The average Bonchev–Trinajstić information content (AvgIpc) is 3.31. The Morgan fingerprint density at radius 2 is 2.09 bits per heavy atom. The molecule has 5 nitrogen and oxygen atoms in total. The maximum Gasteiger partial charge on any atom is 0.251 e. The van der Waals surface area contributed by atoms with Gasteiger partial charge in [-0.05, 0) is 69.2 Å². The van der Waals surface area contributed by atoms with Gasteiger partial charge >= 0.3 is 0 Å². The number of carbonyl (C=O) groups excluding carboxylic acids is 1. The van der Waals surface area contributed by atoms with Gasteiger partial charge in [-0.1, -0.05) is 36.0 Å². The van der Waals surface area contributed by atoms with Crippen molar-refractivity contribution in [3.05, 3.63) is 76.8 Å². The summed E-state index contributed by atoms with van der Waals surface area (Å²) in [6.07, 6.45) is 14.0. The van der Waals surface area contributed by atoms with Crippen molar-refractivity contribution < 1.29 is 4.79 Å². The van der Waals surface area contributed by atoms with Crippen LogP contribution in [0.4, 0.5) is 0 Å². The Labute approximate surface area is 190 Å². The number of hydrogen-bond acceptors (Lipinski definition) is 3. The molecule has 0 bridgehead atoms. The zero-order chi connectivity index (χ0) is 22.4. The molecule has 1 aliphatic carbocycles. The highest BCUT2D eigenvalue weighted by atomic mass is 16.2. The molecule has 2 atom stereocenters. The van der Waals surface area contributed by atoms with Crippen LogP contribution in [-0.2, 0) is 24.2 Å². The van der Waals surface area contributed by atoms with E-state index in [9.17, 15) is 4.79 Å². The van der Waals surface area contributed by atoms with Gasteiger partial charge in [-0.2, -0.15) is 0 Å². The molecule has 3 aliphatic rings. The third-order valence-electron chi connectivity index (χ3n) is 7.18. The Bertz CT molecular complexity index is 1190. The largest absolute Gasteiger partial charge is 0.402 e. The molecule has 166 valence electrons. The van der Waals surface area contributed by atoms with Crippen LogP contribution in [0.3, 0.4) is 0 Å². The first kappa shape index (κ1) is 20.8. The summed E-state index contributed by atoms with van der Waals surface area (Å²) in [7, 11) is 0. The number of nitrogens with two attached hydrogens (primary N) is 1. The summed E-state index contributed by atoms with van der Waals surface area (Å²) in [6.45, 7) is 8.84. The van der Waals surface area contributed by atoms with Crippen molar-refractivity contribution in [2.45, 2.75) is 71.0 Å². The van der Waals surface area contributed by atoms with Gasteiger partial charge in [0.25, 0.3) is 5.91 Å². The Morgan fingerprint density at radius 3 is 2.78 bits per heavy atom. The summed E-state index contributed by atoms with van der Waals surface area (Å²) < 4.78 is 2.34. The van der Waals surface area contributed by atoms with E-state index in [-0.39, 0.29) is 18.0 Å². The van der Waals surface area contributed by atoms with Gasteiger partial charge in [-0.3, -0.25) is 4.79 Å². The summed E-state index contributed by atoms with van der Waals surface area (Å²) in [4.78, 5) is 19.5. The lowest BCUT2D eigenvalue weighted by Gasteiger charge is -2.27. The lowest BCUT2D eigenvalue weighted by atomic mass is 9.88. The fourth-order valence-electron chi connectivity index (χ4n) is 5.21. The minimum absolute atomic E-state index is 0.164. The van der Waals surface area contributed by atoms with E-state index in [0.29, 0.717) is 0 Å². The predicted molar refractivity (Wildman–Crippen MR) is 129 cm³/mol. The fraction of sp³-hybridized carbons (Fsp3) is 0.407. The lowest BCUT2D eigenvalue weighted by molar-refractivity contribution is -0.114. The van der Waals surface area contributed by atoms with E-state index in [1.165, 1.54) is 34.2 Å². The van der Waals surface area contributed by atoms with Crippen molar-refractivity contribution in [2.75, 3.05) is 0 Å². The van der Waals surface area contributed by atoms with Crippen molar-refractivity contribution >= 4 is 16.9 Å². The van der Waals surface area contributed by atoms with Crippen molar-refractivity contribution in [1.82, 2.24) is 14.5 Å². The van der Waals surface area contributed by atoms with Gasteiger partial charge in [-0.15, -0.1) is 0 Å². The van der Waals surface area contributed by atoms with Gasteiger partial charge < -0.3 is 15.2 Å². The van der Waals surface area contributed by atoms with Crippen LogP contribution in [0.5, 0.6) is 0 Å². The summed E-state index contributed by atoms with van der Waals surface area (Å²) >= 11 is 0.